The summed E-state index contributed by atoms with van der Waals surface area (Å²) in [5.74, 6) is 0.742. The summed E-state index contributed by atoms with van der Waals surface area (Å²) in [6.45, 7) is 0. The van der Waals surface area contributed by atoms with Crippen LogP contribution in [0, 0.1) is 0 Å². The molecule has 28 heavy (non-hydrogen) atoms. The van der Waals surface area contributed by atoms with E-state index in [9.17, 15) is 13.2 Å². The number of carbonyl (C=O) groups is 1. The van der Waals surface area contributed by atoms with Gasteiger partial charge in [0.25, 0.3) is 10.0 Å². The van der Waals surface area contributed by atoms with Gasteiger partial charge in [0.1, 0.15) is 10.6 Å². The van der Waals surface area contributed by atoms with Crippen LogP contribution in [0.2, 0.25) is 0 Å². The second-order valence-electron chi connectivity index (χ2n) is 7.91. The highest BCUT2D eigenvalue weighted by atomic mass is 32.2. The molecule has 1 heterocycles. The molecule has 0 aromatic heterocycles. The largest absolute Gasteiger partial charge is 0.495 e. The number of nitrogens with one attached hydrogen (secondary N) is 2. The number of hydrogen-bond acceptors (Lipinski definition) is 4. The molecular weight excluding hydrogens is 376 g/mol. The molecule has 1 aliphatic heterocycles. The van der Waals surface area contributed by atoms with Crippen LogP contribution in [0.3, 0.4) is 0 Å². The zero-order valence-corrected chi connectivity index (χ0v) is 16.4. The summed E-state index contributed by atoms with van der Waals surface area (Å²) in [5.41, 5.74) is 2.94. The van der Waals surface area contributed by atoms with Crippen molar-refractivity contribution in [3.63, 3.8) is 0 Å². The fourth-order valence-corrected chi connectivity index (χ4v) is 5.60. The van der Waals surface area contributed by atoms with Gasteiger partial charge < -0.3 is 10.1 Å². The molecule has 7 heteroatoms. The molecule has 0 atom stereocenters. The summed E-state index contributed by atoms with van der Waals surface area (Å²) >= 11 is 0. The summed E-state index contributed by atoms with van der Waals surface area (Å²) in [5, 5.41) is 3.08. The highest BCUT2D eigenvalue weighted by Gasteiger charge is 2.52. The lowest BCUT2D eigenvalue weighted by Gasteiger charge is -2.36. The Labute approximate surface area is 164 Å². The van der Waals surface area contributed by atoms with Gasteiger partial charge in [-0.2, -0.15) is 0 Å². The summed E-state index contributed by atoms with van der Waals surface area (Å²) in [6, 6.07) is 10.3. The SMILES string of the molecule is COc1ccccc1S(=O)(=O)Nc1cc(C2CC2)c2c(c1)C1(CCC1)C(=O)N2. The van der Waals surface area contributed by atoms with Crippen LogP contribution in [0.25, 0.3) is 0 Å². The molecule has 0 saturated heterocycles. The normalized spacial score (nSPS) is 19.7. The third kappa shape index (κ3) is 2.53. The lowest BCUT2D eigenvalue weighted by atomic mass is 9.65. The monoisotopic (exact) mass is 398 g/mol. The molecule has 5 rings (SSSR count). The van der Waals surface area contributed by atoms with Gasteiger partial charge in [0.05, 0.1) is 12.5 Å². The van der Waals surface area contributed by atoms with Crippen LogP contribution in [-0.2, 0) is 20.2 Å². The van der Waals surface area contributed by atoms with Crippen LogP contribution in [0.4, 0.5) is 11.4 Å². The number of amides is 1. The van der Waals surface area contributed by atoms with E-state index in [1.807, 2.05) is 12.1 Å². The van der Waals surface area contributed by atoms with Crippen molar-refractivity contribution in [1.82, 2.24) is 0 Å². The van der Waals surface area contributed by atoms with Gasteiger partial charge in [-0.25, -0.2) is 8.42 Å². The zero-order valence-electron chi connectivity index (χ0n) is 15.6. The van der Waals surface area contributed by atoms with E-state index in [4.69, 9.17) is 4.74 Å². The highest BCUT2D eigenvalue weighted by molar-refractivity contribution is 7.92. The third-order valence-corrected chi connectivity index (χ3v) is 7.61. The first-order valence-electron chi connectivity index (χ1n) is 9.60. The van der Waals surface area contributed by atoms with Crippen LogP contribution >= 0.6 is 0 Å². The average molecular weight is 398 g/mol. The van der Waals surface area contributed by atoms with E-state index in [0.29, 0.717) is 17.4 Å². The Morgan fingerprint density at radius 1 is 1.18 bits per heavy atom. The van der Waals surface area contributed by atoms with E-state index in [1.165, 1.54) is 13.2 Å². The lowest BCUT2D eigenvalue weighted by Crippen LogP contribution is -2.40. The second-order valence-corrected chi connectivity index (χ2v) is 9.56. The van der Waals surface area contributed by atoms with Gasteiger partial charge in [0.2, 0.25) is 5.91 Å². The molecule has 2 N–H and O–H groups in total. The molecule has 2 aromatic rings. The number of sulfonamides is 1. The molecule has 3 aliphatic rings. The minimum absolute atomic E-state index is 0.0559. The first kappa shape index (κ1) is 17.6. The van der Waals surface area contributed by atoms with Crippen LogP contribution < -0.4 is 14.8 Å². The fourth-order valence-electron chi connectivity index (χ4n) is 4.39. The van der Waals surface area contributed by atoms with Gasteiger partial charge in [0, 0.05) is 11.4 Å². The van der Waals surface area contributed by atoms with E-state index in [1.54, 1.807) is 18.2 Å². The number of fused-ring (bicyclic) bond motifs is 2. The van der Waals surface area contributed by atoms with E-state index in [2.05, 4.69) is 10.0 Å². The van der Waals surface area contributed by atoms with Gasteiger partial charge in [-0.15, -0.1) is 0 Å². The Morgan fingerprint density at radius 2 is 1.93 bits per heavy atom. The van der Waals surface area contributed by atoms with Crippen LogP contribution in [-0.4, -0.2) is 21.4 Å². The van der Waals surface area contributed by atoms with E-state index in [0.717, 1.165) is 48.9 Å². The smallest absolute Gasteiger partial charge is 0.265 e. The molecule has 2 fully saturated rings. The maximum Gasteiger partial charge on any atom is 0.265 e. The first-order valence-corrected chi connectivity index (χ1v) is 11.1. The maximum absolute atomic E-state index is 13.0. The average Bonchev–Trinajstić information content (AvgIpc) is 3.42. The standard InChI is InChI=1S/C21H22N2O4S/c1-27-17-5-2-3-6-18(17)28(25,26)23-14-11-15(13-7-8-13)19-16(12-14)21(9-4-10-21)20(24)22-19/h2-3,5-6,11-13,23H,4,7-10H2,1H3,(H,22,24). The number of carbonyl (C=O) groups excluding carboxylic acids is 1. The Kier molecular flexibility index (Phi) is 3.75. The first-order chi connectivity index (χ1) is 13.4. The quantitative estimate of drug-likeness (QED) is 0.803. The number of benzene rings is 2. The predicted molar refractivity (Wildman–Crippen MR) is 106 cm³/mol. The molecule has 1 spiro atoms. The van der Waals surface area contributed by atoms with Crippen molar-refractivity contribution < 1.29 is 17.9 Å². The number of anilines is 2. The summed E-state index contributed by atoms with van der Waals surface area (Å²) < 4.78 is 34.0. The Hall–Kier alpha value is -2.54. The molecule has 2 aliphatic carbocycles. The van der Waals surface area contributed by atoms with Crippen molar-refractivity contribution in [1.29, 1.82) is 0 Å². The molecule has 0 radical (unpaired) electrons. The number of hydrogen-bond donors (Lipinski definition) is 2. The molecule has 0 bridgehead atoms. The van der Waals surface area contributed by atoms with Gasteiger partial charge in [0.15, 0.2) is 0 Å². The Morgan fingerprint density at radius 3 is 2.57 bits per heavy atom. The highest BCUT2D eigenvalue weighted by Crippen LogP contribution is 2.56. The molecular formula is C21H22N2O4S. The number of ether oxygens (including phenoxy) is 1. The van der Waals surface area contributed by atoms with Crippen molar-refractivity contribution in [2.45, 2.75) is 48.3 Å². The predicted octanol–water partition coefficient (Wildman–Crippen LogP) is 3.75. The molecule has 6 nitrogen and oxygen atoms in total. The number of methoxy groups -OCH3 is 1. The fraction of sp³-hybridized carbons (Fsp3) is 0.381. The minimum Gasteiger partial charge on any atom is -0.495 e. The third-order valence-electron chi connectivity index (χ3n) is 6.19. The van der Waals surface area contributed by atoms with Crippen LogP contribution in [0.1, 0.15) is 49.1 Å². The van der Waals surface area contributed by atoms with Gasteiger partial charge >= 0.3 is 0 Å². The lowest BCUT2D eigenvalue weighted by molar-refractivity contribution is -0.123. The molecule has 2 aromatic carbocycles. The van der Waals surface area contributed by atoms with Crippen molar-refractivity contribution >= 4 is 27.3 Å². The van der Waals surface area contributed by atoms with E-state index < -0.39 is 15.4 Å². The van der Waals surface area contributed by atoms with Crippen molar-refractivity contribution in [3.05, 3.63) is 47.5 Å². The Bertz CT molecular complexity index is 1090. The maximum atomic E-state index is 13.0. The summed E-state index contributed by atoms with van der Waals surface area (Å²) in [6.07, 6.45) is 4.79. The molecule has 1 amide bonds. The topological polar surface area (TPSA) is 84.5 Å². The summed E-state index contributed by atoms with van der Waals surface area (Å²) in [4.78, 5) is 12.8. The molecule has 2 saturated carbocycles. The van der Waals surface area contributed by atoms with Gasteiger partial charge in [-0.1, -0.05) is 18.6 Å². The second kappa shape index (κ2) is 5.98. The number of para-hydroxylation sites is 1. The van der Waals surface area contributed by atoms with Crippen molar-refractivity contribution in [2.24, 2.45) is 0 Å². The molecule has 0 unspecified atom stereocenters. The van der Waals surface area contributed by atoms with Crippen molar-refractivity contribution in [3.8, 4) is 5.75 Å². The Balaban J connectivity index is 1.58. The van der Waals surface area contributed by atoms with Crippen molar-refractivity contribution in [2.75, 3.05) is 17.1 Å². The van der Waals surface area contributed by atoms with E-state index in [-0.39, 0.29) is 10.8 Å². The van der Waals surface area contributed by atoms with Crippen LogP contribution in [0.5, 0.6) is 5.75 Å². The summed E-state index contributed by atoms with van der Waals surface area (Å²) in [7, 11) is -2.36. The minimum atomic E-state index is -3.82. The van der Waals surface area contributed by atoms with Crippen LogP contribution in [0.15, 0.2) is 41.3 Å². The number of rotatable bonds is 5. The van der Waals surface area contributed by atoms with E-state index >= 15 is 0 Å². The molecule has 146 valence electrons. The van der Waals surface area contributed by atoms with Gasteiger partial charge in [-0.3, -0.25) is 9.52 Å². The zero-order chi connectivity index (χ0) is 19.5. The van der Waals surface area contributed by atoms with Gasteiger partial charge in [-0.05, 0) is 67.0 Å².